The van der Waals surface area contributed by atoms with E-state index in [1.165, 1.54) is 11.1 Å². The van der Waals surface area contributed by atoms with E-state index in [9.17, 15) is 0 Å². The third kappa shape index (κ3) is 7.43. The van der Waals surface area contributed by atoms with E-state index in [0.29, 0.717) is 6.54 Å². The maximum Gasteiger partial charge on any atom is 0.191 e. The Bertz CT molecular complexity index is 703. The lowest BCUT2D eigenvalue weighted by Gasteiger charge is -2.29. The molecule has 0 aliphatic heterocycles. The number of aromatic nitrogens is 2. The highest BCUT2D eigenvalue weighted by Crippen LogP contribution is 2.14. The summed E-state index contributed by atoms with van der Waals surface area (Å²) in [5, 5.41) is 11.2. The Balaban J connectivity index is 2.04. The van der Waals surface area contributed by atoms with Crippen molar-refractivity contribution in [2.75, 3.05) is 33.7 Å². The van der Waals surface area contributed by atoms with Gasteiger partial charge in [0, 0.05) is 32.0 Å². The van der Waals surface area contributed by atoms with Gasteiger partial charge in [0.2, 0.25) is 0 Å². The van der Waals surface area contributed by atoms with Crippen LogP contribution >= 0.6 is 0 Å². The molecule has 0 spiro atoms. The molecule has 0 radical (unpaired) electrons. The van der Waals surface area contributed by atoms with Crippen molar-refractivity contribution >= 4 is 5.96 Å². The van der Waals surface area contributed by atoms with Crippen molar-refractivity contribution in [2.24, 2.45) is 10.4 Å². The number of rotatable bonds is 9. The van der Waals surface area contributed by atoms with Gasteiger partial charge >= 0.3 is 0 Å². The highest BCUT2D eigenvalue weighted by atomic mass is 15.3. The van der Waals surface area contributed by atoms with E-state index in [0.717, 1.165) is 32.1 Å². The molecule has 0 unspecified atom stereocenters. The zero-order valence-corrected chi connectivity index (χ0v) is 17.4. The van der Waals surface area contributed by atoms with Gasteiger partial charge in [-0.25, -0.2) is 4.99 Å². The second-order valence-corrected chi connectivity index (χ2v) is 7.92. The molecule has 6 heteroatoms. The number of nitrogens with zero attached hydrogens (tertiary/aromatic N) is 4. The van der Waals surface area contributed by atoms with Gasteiger partial charge in [0.15, 0.2) is 5.96 Å². The molecule has 0 aliphatic rings. The normalized spacial score (nSPS) is 12.4. The Hall–Kier alpha value is -2.34. The van der Waals surface area contributed by atoms with Gasteiger partial charge in [-0.2, -0.15) is 5.10 Å². The van der Waals surface area contributed by atoms with Crippen LogP contribution in [0.3, 0.4) is 0 Å². The molecule has 148 valence electrons. The van der Waals surface area contributed by atoms with Crippen LogP contribution in [-0.4, -0.2) is 54.4 Å². The lowest BCUT2D eigenvalue weighted by molar-refractivity contribution is 0.241. The molecular weight excluding hydrogens is 336 g/mol. The third-order valence-electron chi connectivity index (χ3n) is 4.24. The zero-order chi connectivity index (χ0) is 19.7. The Labute approximate surface area is 163 Å². The number of guanidine groups is 1. The van der Waals surface area contributed by atoms with Crippen LogP contribution < -0.4 is 10.6 Å². The smallest absolute Gasteiger partial charge is 0.191 e. The van der Waals surface area contributed by atoms with Gasteiger partial charge in [-0.3, -0.25) is 4.68 Å². The Morgan fingerprint density at radius 1 is 1.15 bits per heavy atom. The van der Waals surface area contributed by atoms with Crippen LogP contribution in [0, 0.1) is 5.41 Å². The van der Waals surface area contributed by atoms with Gasteiger partial charge in [-0.05, 0) is 43.6 Å². The summed E-state index contributed by atoms with van der Waals surface area (Å²) in [6.07, 6.45) is 3.79. The second-order valence-electron chi connectivity index (χ2n) is 7.92. The third-order valence-corrected chi connectivity index (χ3v) is 4.24. The van der Waals surface area contributed by atoms with Crippen molar-refractivity contribution < 1.29 is 0 Å². The summed E-state index contributed by atoms with van der Waals surface area (Å²) in [4.78, 5) is 7.03. The van der Waals surface area contributed by atoms with Crippen LogP contribution in [0.5, 0.6) is 0 Å². The van der Waals surface area contributed by atoms with Crippen molar-refractivity contribution in [3.8, 4) is 0 Å². The first kappa shape index (κ1) is 21.0. The SMILES string of the molecule is CCNC(=NCc1ccccc1Cn1cccn1)NCC(C)(C)CN(C)C. The molecule has 1 aromatic carbocycles. The van der Waals surface area contributed by atoms with E-state index < -0.39 is 0 Å². The number of benzene rings is 1. The van der Waals surface area contributed by atoms with E-state index in [1.807, 2.05) is 23.1 Å². The Kier molecular flexibility index (Phi) is 7.85. The minimum atomic E-state index is 0.164. The minimum absolute atomic E-state index is 0.164. The quantitative estimate of drug-likeness (QED) is 0.526. The highest BCUT2D eigenvalue weighted by Gasteiger charge is 2.19. The van der Waals surface area contributed by atoms with Crippen LogP contribution in [-0.2, 0) is 13.1 Å². The summed E-state index contributed by atoms with van der Waals surface area (Å²) in [5.41, 5.74) is 2.63. The summed E-state index contributed by atoms with van der Waals surface area (Å²) in [6, 6.07) is 10.4. The van der Waals surface area contributed by atoms with Crippen LogP contribution in [0.25, 0.3) is 0 Å². The van der Waals surface area contributed by atoms with Gasteiger partial charge in [-0.15, -0.1) is 0 Å². The average Bonchev–Trinajstić information content (AvgIpc) is 3.10. The molecule has 1 heterocycles. The first-order valence-corrected chi connectivity index (χ1v) is 9.61. The lowest BCUT2D eigenvalue weighted by atomic mass is 9.93. The van der Waals surface area contributed by atoms with Crippen LogP contribution in [0.15, 0.2) is 47.7 Å². The summed E-state index contributed by atoms with van der Waals surface area (Å²) in [5.74, 6) is 0.859. The summed E-state index contributed by atoms with van der Waals surface area (Å²) in [6.45, 7) is 10.8. The van der Waals surface area contributed by atoms with E-state index in [1.54, 1.807) is 0 Å². The molecule has 0 saturated heterocycles. The largest absolute Gasteiger partial charge is 0.357 e. The molecule has 0 bridgehead atoms. The predicted molar refractivity (Wildman–Crippen MR) is 113 cm³/mol. The second kappa shape index (κ2) is 10.1. The molecule has 27 heavy (non-hydrogen) atoms. The van der Waals surface area contributed by atoms with Crippen molar-refractivity contribution in [2.45, 2.75) is 33.9 Å². The average molecular weight is 371 g/mol. The van der Waals surface area contributed by atoms with Gasteiger partial charge in [0.1, 0.15) is 0 Å². The highest BCUT2D eigenvalue weighted by molar-refractivity contribution is 5.79. The van der Waals surface area contributed by atoms with E-state index in [2.05, 4.69) is 79.8 Å². The molecular formula is C21H34N6. The zero-order valence-electron chi connectivity index (χ0n) is 17.4. The summed E-state index contributed by atoms with van der Waals surface area (Å²) < 4.78 is 1.94. The molecule has 0 saturated carbocycles. The molecule has 0 amide bonds. The van der Waals surface area contributed by atoms with Gasteiger partial charge < -0.3 is 15.5 Å². The van der Waals surface area contributed by atoms with Crippen molar-refractivity contribution in [3.05, 3.63) is 53.9 Å². The van der Waals surface area contributed by atoms with E-state index in [4.69, 9.17) is 4.99 Å². The molecule has 0 atom stereocenters. The molecule has 2 rings (SSSR count). The number of nitrogens with one attached hydrogen (secondary N) is 2. The van der Waals surface area contributed by atoms with Crippen molar-refractivity contribution in [1.29, 1.82) is 0 Å². The molecule has 2 aromatic rings. The summed E-state index contributed by atoms with van der Waals surface area (Å²) >= 11 is 0. The molecule has 6 nitrogen and oxygen atoms in total. The first-order chi connectivity index (χ1) is 12.9. The van der Waals surface area contributed by atoms with Crippen LogP contribution in [0.2, 0.25) is 0 Å². The standard InChI is InChI=1S/C21H34N6/c1-6-22-20(24-16-21(2,3)17-26(4)5)23-14-18-10-7-8-11-19(18)15-27-13-9-12-25-27/h7-13H,6,14-17H2,1-5H3,(H2,22,23,24). The fourth-order valence-corrected chi connectivity index (χ4v) is 3.18. The Morgan fingerprint density at radius 2 is 1.89 bits per heavy atom. The fourth-order valence-electron chi connectivity index (χ4n) is 3.18. The van der Waals surface area contributed by atoms with Gasteiger partial charge in [-0.1, -0.05) is 38.1 Å². The Morgan fingerprint density at radius 3 is 2.52 bits per heavy atom. The van der Waals surface area contributed by atoms with Crippen molar-refractivity contribution in [3.63, 3.8) is 0 Å². The minimum Gasteiger partial charge on any atom is -0.357 e. The predicted octanol–water partition coefficient (Wildman–Crippen LogP) is 2.57. The molecule has 1 aromatic heterocycles. The van der Waals surface area contributed by atoms with E-state index in [-0.39, 0.29) is 5.41 Å². The monoisotopic (exact) mass is 370 g/mol. The lowest BCUT2D eigenvalue weighted by Crippen LogP contribution is -2.44. The van der Waals surface area contributed by atoms with Crippen LogP contribution in [0.1, 0.15) is 31.9 Å². The first-order valence-electron chi connectivity index (χ1n) is 9.61. The summed E-state index contributed by atoms with van der Waals surface area (Å²) in [7, 11) is 4.22. The van der Waals surface area contributed by atoms with Crippen LogP contribution in [0.4, 0.5) is 0 Å². The number of hydrogen-bond acceptors (Lipinski definition) is 3. The molecule has 0 aliphatic carbocycles. The molecule has 2 N–H and O–H groups in total. The molecule has 0 fully saturated rings. The fraction of sp³-hybridized carbons (Fsp3) is 0.524. The number of aliphatic imine (C=N–C) groups is 1. The maximum absolute atomic E-state index is 4.81. The van der Waals surface area contributed by atoms with Crippen molar-refractivity contribution in [1.82, 2.24) is 25.3 Å². The number of hydrogen-bond donors (Lipinski definition) is 2. The maximum atomic E-state index is 4.81. The van der Waals surface area contributed by atoms with E-state index >= 15 is 0 Å². The van der Waals surface area contributed by atoms with Gasteiger partial charge in [0.25, 0.3) is 0 Å². The topological polar surface area (TPSA) is 57.5 Å². The van der Waals surface area contributed by atoms with Gasteiger partial charge in [0.05, 0.1) is 13.1 Å².